The van der Waals surface area contributed by atoms with Crippen molar-refractivity contribution in [2.75, 3.05) is 25.0 Å². The van der Waals surface area contributed by atoms with Gasteiger partial charge in [-0.05, 0) is 0 Å². The zero-order chi connectivity index (χ0) is 28.0. The topological polar surface area (TPSA) is 253 Å². The Morgan fingerprint density at radius 2 is 1.82 bits per heavy atom. The zero-order valence-electron chi connectivity index (χ0n) is 20.1. The van der Waals surface area contributed by atoms with Crippen LogP contribution in [0.5, 0.6) is 0 Å². The normalized spacial score (nSPS) is 18.7. The second-order valence-electron chi connectivity index (χ2n) is 8.28. The Labute approximate surface area is 212 Å². The summed E-state index contributed by atoms with van der Waals surface area (Å²) in [7, 11) is 0. The summed E-state index contributed by atoms with van der Waals surface area (Å²) in [5.74, 6) is -3.52. The molecule has 0 spiro atoms. The summed E-state index contributed by atoms with van der Waals surface area (Å²) in [6.45, 7) is 1.42. The lowest BCUT2D eigenvalue weighted by molar-refractivity contribution is -0.136. The Hall–Kier alpha value is -4.74. The van der Waals surface area contributed by atoms with Gasteiger partial charge in [-0.2, -0.15) is 4.98 Å². The maximum atomic E-state index is 12.5. The molecule has 2 aromatic rings. The van der Waals surface area contributed by atoms with Gasteiger partial charge in [-0.1, -0.05) is 13.8 Å². The number of nitrogens with one attached hydrogen (secondary N) is 4. The first-order valence-electron chi connectivity index (χ1n) is 11.2. The van der Waals surface area contributed by atoms with Crippen molar-refractivity contribution in [3.63, 3.8) is 0 Å². The highest BCUT2D eigenvalue weighted by Gasteiger charge is 2.40. The third-order valence-corrected chi connectivity index (χ3v) is 5.09. The molecule has 3 rings (SSSR count). The second-order valence-corrected chi connectivity index (χ2v) is 8.28. The van der Waals surface area contributed by atoms with Crippen molar-refractivity contribution in [1.29, 1.82) is 0 Å². The fraction of sp³-hybridized carbons (Fsp3) is 0.500. The number of H-pyrrole nitrogens is 1. The summed E-state index contributed by atoms with van der Waals surface area (Å²) in [4.78, 5) is 80.3. The summed E-state index contributed by atoms with van der Waals surface area (Å²) in [5, 5.41) is 23.9. The molecule has 0 bridgehead atoms. The van der Waals surface area contributed by atoms with Crippen LogP contribution in [-0.4, -0.2) is 91.7 Å². The predicted molar refractivity (Wildman–Crippen MR) is 123 cm³/mol. The number of aromatic nitrogens is 4. The van der Waals surface area contributed by atoms with Crippen LogP contribution in [-0.2, 0) is 28.6 Å². The smallest absolute Gasteiger partial charge is 0.408 e. The number of carbonyl (C=O) groups is 5. The van der Waals surface area contributed by atoms with Crippen molar-refractivity contribution < 1.29 is 48.4 Å². The molecule has 3 unspecified atom stereocenters. The average molecular weight is 539 g/mol. The molecule has 1 saturated heterocycles. The molecular formula is C20H25N7O11. The van der Waals surface area contributed by atoms with Crippen molar-refractivity contribution in [2.45, 2.75) is 38.7 Å². The van der Waals surface area contributed by atoms with E-state index in [-0.39, 0.29) is 23.5 Å². The van der Waals surface area contributed by atoms with E-state index in [0.717, 1.165) is 0 Å². The van der Waals surface area contributed by atoms with E-state index in [1.807, 2.05) is 10.6 Å². The van der Waals surface area contributed by atoms with Crippen LogP contribution >= 0.6 is 0 Å². The summed E-state index contributed by atoms with van der Waals surface area (Å²) >= 11 is 0. The van der Waals surface area contributed by atoms with Gasteiger partial charge in [0, 0.05) is 12.3 Å². The van der Waals surface area contributed by atoms with E-state index in [1.54, 1.807) is 13.8 Å². The number of carboxylic acid groups (broad SMARTS) is 2. The lowest BCUT2D eigenvalue weighted by atomic mass is 10.2. The number of carbonyl (C=O) groups excluding carboxylic acids is 3. The lowest BCUT2D eigenvalue weighted by Gasteiger charge is -2.18. The van der Waals surface area contributed by atoms with Gasteiger partial charge < -0.3 is 35.1 Å². The molecule has 6 N–H and O–H groups in total. The Kier molecular flexibility index (Phi) is 8.79. The van der Waals surface area contributed by atoms with Gasteiger partial charge in [-0.3, -0.25) is 34.0 Å². The van der Waals surface area contributed by atoms with Crippen molar-refractivity contribution in [2.24, 2.45) is 5.92 Å². The number of amides is 3. The van der Waals surface area contributed by atoms with Crippen LogP contribution in [0.3, 0.4) is 0 Å². The van der Waals surface area contributed by atoms with E-state index >= 15 is 0 Å². The molecule has 1 fully saturated rings. The number of aliphatic carboxylic acids is 2. The number of alkyl carbamates (subject to hydrolysis) is 2. The minimum absolute atomic E-state index is 0.0349. The number of nitrogens with zero attached hydrogens (tertiary/aromatic N) is 3. The molecule has 3 amide bonds. The van der Waals surface area contributed by atoms with Gasteiger partial charge in [-0.15, -0.1) is 0 Å². The molecule has 3 heterocycles. The summed E-state index contributed by atoms with van der Waals surface area (Å²) in [5.41, 5.74) is -0.671. The van der Waals surface area contributed by atoms with E-state index < -0.39 is 79.6 Å². The highest BCUT2D eigenvalue weighted by atomic mass is 16.6. The number of rotatable bonds is 10. The molecule has 38 heavy (non-hydrogen) atoms. The summed E-state index contributed by atoms with van der Waals surface area (Å²) in [6.07, 6.45) is -4.05. The van der Waals surface area contributed by atoms with E-state index in [2.05, 4.69) is 20.3 Å². The van der Waals surface area contributed by atoms with Gasteiger partial charge in [-0.25, -0.2) is 14.6 Å². The molecule has 18 heteroatoms. The van der Waals surface area contributed by atoms with Crippen molar-refractivity contribution in [3.05, 3.63) is 16.7 Å². The van der Waals surface area contributed by atoms with Crippen LogP contribution in [0.25, 0.3) is 11.2 Å². The number of fused-ring (bicyclic) bond motifs is 1. The number of carboxylic acids is 2. The molecular weight excluding hydrogens is 514 g/mol. The molecule has 1 aliphatic heterocycles. The van der Waals surface area contributed by atoms with Gasteiger partial charge in [0.05, 0.1) is 6.33 Å². The first kappa shape index (κ1) is 27.8. The SMILES string of the molecule is CC(C)C(=O)Nc1nc2c(ncn2C2CC(OC(=O)NCC(=O)O)C(COC(=O)NCC(=O)O)O2)c(=O)[nH]1. The Balaban J connectivity index is 1.81. The molecule has 2 aromatic heterocycles. The number of hydrogen-bond acceptors (Lipinski definition) is 11. The number of ether oxygens (including phenoxy) is 3. The molecule has 0 aromatic carbocycles. The van der Waals surface area contributed by atoms with Crippen molar-refractivity contribution in [3.8, 4) is 0 Å². The van der Waals surface area contributed by atoms with Crippen molar-refractivity contribution in [1.82, 2.24) is 30.2 Å². The number of anilines is 1. The average Bonchev–Trinajstić information content (AvgIpc) is 3.44. The summed E-state index contributed by atoms with van der Waals surface area (Å²) < 4.78 is 17.4. The monoisotopic (exact) mass is 539 g/mol. The lowest BCUT2D eigenvalue weighted by Crippen LogP contribution is -2.38. The number of aromatic amines is 1. The van der Waals surface area contributed by atoms with Crippen LogP contribution < -0.4 is 21.5 Å². The van der Waals surface area contributed by atoms with E-state index in [1.165, 1.54) is 10.9 Å². The van der Waals surface area contributed by atoms with Gasteiger partial charge >= 0.3 is 24.1 Å². The highest BCUT2D eigenvalue weighted by molar-refractivity contribution is 5.91. The fourth-order valence-electron chi connectivity index (χ4n) is 3.29. The quantitative estimate of drug-likeness (QED) is 0.212. The van der Waals surface area contributed by atoms with E-state index in [4.69, 9.17) is 24.4 Å². The third kappa shape index (κ3) is 7.15. The fourth-order valence-corrected chi connectivity index (χ4v) is 3.29. The molecule has 0 saturated carbocycles. The molecule has 0 radical (unpaired) electrons. The zero-order valence-corrected chi connectivity index (χ0v) is 20.1. The second kappa shape index (κ2) is 12.0. The predicted octanol–water partition coefficient (Wildman–Crippen LogP) is -1.01. The van der Waals surface area contributed by atoms with Gasteiger partial charge in [0.25, 0.3) is 5.56 Å². The molecule has 0 aliphatic carbocycles. The van der Waals surface area contributed by atoms with Crippen molar-refractivity contribution >= 4 is 47.1 Å². The Morgan fingerprint density at radius 1 is 1.16 bits per heavy atom. The van der Waals surface area contributed by atoms with E-state index in [9.17, 15) is 28.8 Å². The minimum Gasteiger partial charge on any atom is -0.480 e. The largest absolute Gasteiger partial charge is 0.480 e. The minimum atomic E-state index is -1.31. The molecule has 3 atom stereocenters. The standard InChI is InChI=1S/C20H25N7O11/c1-8(2)16(32)25-18-24-15-14(17(33)26-18)23-7-27(15)11-3-9(38-20(35)22-5-13(30)31)10(37-11)6-36-19(34)21-4-12(28)29/h7-11H,3-6H2,1-2H3,(H,21,34)(H,22,35)(H,28,29)(H,30,31)(H2,24,25,26,32,33). The summed E-state index contributed by atoms with van der Waals surface area (Å²) in [6, 6.07) is 0. The molecule has 206 valence electrons. The number of imidazole rings is 1. The molecule has 1 aliphatic rings. The maximum Gasteiger partial charge on any atom is 0.408 e. The third-order valence-electron chi connectivity index (χ3n) is 5.09. The van der Waals surface area contributed by atoms with Gasteiger partial charge in [0.2, 0.25) is 11.9 Å². The molecule has 18 nitrogen and oxygen atoms in total. The van der Waals surface area contributed by atoms with Crippen LogP contribution in [0.2, 0.25) is 0 Å². The van der Waals surface area contributed by atoms with Crippen LogP contribution in [0.4, 0.5) is 15.5 Å². The maximum absolute atomic E-state index is 12.5. The Bertz CT molecular complexity index is 1290. The van der Waals surface area contributed by atoms with Crippen LogP contribution in [0.15, 0.2) is 11.1 Å². The first-order valence-corrected chi connectivity index (χ1v) is 11.2. The van der Waals surface area contributed by atoms with Gasteiger partial charge in [0.1, 0.15) is 38.1 Å². The highest BCUT2D eigenvalue weighted by Crippen LogP contribution is 2.32. The Morgan fingerprint density at radius 3 is 2.45 bits per heavy atom. The van der Waals surface area contributed by atoms with E-state index in [0.29, 0.717) is 0 Å². The van der Waals surface area contributed by atoms with Crippen LogP contribution in [0, 0.1) is 5.92 Å². The first-order chi connectivity index (χ1) is 17.9. The van der Waals surface area contributed by atoms with Gasteiger partial charge in [0.15, 0.2) is 11.2 Å². The number of hydrogen-bond donors (Lipinski definition) is 6. The van der Waals surface area contributed by atoms with Crippen LogP contribution in [0.1, 0.15) is 26.5 Å².